The number of benzene rings is 1. The van der Waals surface area contributed by atoms with E-state index in [1.807, 2.05) is 71.9 Å². The van der Waals surface area contributed by atoms with Crippen molar-refractivity contribution in [2.45, 2.75) is 58.0 Å². The number of nitrogens with zero attached hydrogens (tertiary/aromatic N) is 5. The molecule has 0 aliphatic rings. The first kappa shape index (κ1) is 21.0. The molecule has 0 saturated carbocycles. The van der Waals surface area contributed by atoms with Gasteiger partial charge in [-0.2, -0.15) is 0 Å². The Morgan fingerprint density at radius 1 is 1.07 bits per heavy atom. The van der Waals surface area contributed by atoms with Crippen molar-refractivity contribution in [3.8, 4) is 5.69 Å². The van der Waals surface area contributed by atoms with Gasteiger partial charge in [-0.25, -0.2) is 14.6 Å². The molecule has 1 N–H and O–H groups in total. The Hall–Kier alpha value is -2.74. The average molecular weight is 411 g/mol. The van der Waals surface area contributed by atoms with E-state index in [2.05, 4.69) is 25.6 Å². The first-order valence-electron chi connectivity index (χ1n) is 9.41. The molecule has 152 valence electrons. The number of carbonyl (C=O) groups excluding carboxylic acids is 1. The van der Waals surface area contributed by atoms with E-state index in [9.17, 15) is 4.79 Å². The lowest BCUT2D eigenvalue weighted by atomic mass is 10.1. The van der Waals surface area contributed by atoms with E-state index in [4.69, 9.17) is 0 Å². The normalized spacial score (nSPS) is 11.5. The van der Waals surface area contributed by atoms with Gasteiger partial charge in [0.2, 0.25) is 0 Å². The van der Waals surface area contributed by atoms with Crippen molar-refractivity contribution in [3.63, 3.8) is 0 Å². The molecule has 2 aromatic heterocycles. The number of hydrogen-bond donors (Lipinski definition) is 1. The predicted octanol–water partition coefficient (Wildman–Crippen LogP) is 3.80. The molecule has 3 aromatic rings. The fourth-order valence-electron chi connectivity index (χ4n) is 2.79. The van der Waals surface area contributed by atoms with Gasteiger partial charge in [-0.05, 0) is 59.7 Å². The number of amides is 1. The fourth-order valence-corrected chi connectivity index (χ4v) is 3.73. The van der Waals surface area contributed by atoms with Crippen LogP contribution in [0.2, 0.25) is 0 Å². The molecule has 0 aliphatic heterocycles. The third kappa shape index (κ3) is 5.41. The van der Waals surface area contributed by atoms with E-state index in [-0.39, 0.29) is 11.4 Å². The van der Waals surface area contributed by atoms with E-state index in [1.54, 1.807) is 4.68 Å². The highest BCUT2D eigenvalue weighted by Gasteiger charge is 2.24. The first-order chi connectivity index (χ1) is 13.6. The second-order valence-corrected chi connectivity index (χ2v) is 9.00. The van der Waals surface area contributed by atoms with Crippen LogP contribution < -0.4 is 5.32 Å². The summed E-state index contributed by atoms with van der Waals surface area (Å²) in [5, 5.41) is 12.1. The van der Waals surface area contributed by atoms with Crippen LogP contribution in [0.15, 0.2) is 35.5 Å². The van der Waals surface area contributed by atoms with Gasteiger partial charge in [-0.3, -0.25) is 4.79 Å². The molecular weight excluding hydrogens is 384 g/mol. The van der Waals surface area contributed by atoms with Crippen molar-refractivity contribution in [2.24, 2.45) is 0 Å². The minimum absolute atomic E-state index is 0.243. The molecule has 0 atom stereocenters. The van der Waals surface area contributed by atoms with Crippen molar-refractivity contribution in [2.75, 3.05) is 0 Å². The highest BCUT2D eigenvalue weighted by atomic mass is 32.2. The zero-order chi connectivity index (χ0) is 21.2. The largest absolute Gasteiger partial charge is 0.346 e. The van der Waals surface area contributed by atoms with E-state index in [1.165, 1.54) is 11.8 Å². The van der Waals surface area contributed by atoms with Crippen molar-refractivity contribution in [1.29, 1.82) is 0 Å². The molecular formula is C21H26N6OS. The standard InChI is InChI=1S/C21H26N6OS/c1-13-7-9-16(10-8-13)27-17(12-29-20-22-14(2)11-15(3)23-20)18(25-26-27)19(28)24-21(4,5)6/h7-11H,12H2,1-6H3,(H,24,28). The minimum Gasteiger partial charge on any atom is -0.346 e. The van der Waals surface area contributed by atoms with Crippen LogP contribution in [0, 0.1) is 20.8 Å². The van der Waals surface area contributed by atoms with Gasteiger partial charge in [0.1, 0.15) is 0 Å². The van der Waals surface area contributed by atoms with E-state index in [0.29, 0.717) is 22.3 Å². The molecule has 3 rings (SSSR count). The monoisotopic (exact) mass is 410 g/mol. The predicted molar refractivity (Wildman–Crippen MR) is 114 cm³/mol. The zero-order valence-electron chi connectivity index (χ0n) is 17.6. The Kier molecular flexibility index (Phi) is 6.02. The molecule has 0 saturated heterocycles. The number of thioether (sulfide) groups is 1. The Morgan fingerprint density at radius 3 is 2.28 bits per heavy atom. The molecule has 1 amide bonds. The van der Waals surface area contributed by atoms with Crippen LogP contribution in [-0.4, -0.2) is 36.4 Å². The summed E-state index contributed by atoms with van der Waals surface area (Å²) in [4.78, 5) is 21.8. The van der Waals surface area contributed by atoms with Gasteiger partial charge < -0.3 is 5.32 Å². The summed E-state index contributed by atoms with van der Waals surface area (Å²) in [6.07, 6.45) is 0. The molecule has 2 heterocycles. The van der Waals surface area contributed by atoms with Gasteiger partial charge in [-0.1, -0.05) is 34.7 Å². The molecule has 0 spiro atoms. The molecule has 0 radical (unpaired) electrons. The van der Waals surface area contributed by atoms with Crippen molar-refractivity contribution >= 4 is 17.7 Å². The van der Waals surface area contributed by atoms with Crippen LogP contribution in [-0.2, 0) is 5.75 Å². The van der Waals surface area contributed by atoms with Crippen LogP contribution >= 0.6 is 11.8 Å². The molecule has 0 unspecified atom stereocenters. The smallest absolute Gasteiger partial charge is 0.274 e. The van der Waals surface area contributed by atoms with Gasteiger partial charge in [0, 0.05) is 22.7 Å². The van der Waals surface area contributed by atoms with Crippen molar-refractivity contribution < 1.29 is 4.79 Å². The topological polar surface area (TPSA) is 85.6 Å². The van der Waals surface area contributed by atoms with Crippen LogP contribution in [0.3, 0.4) is 0 Å². The summed E-state index contributed by atoms with van der Waals surface area (Å²) in [6.45, 7) is 11.7. The number of aryl methyl sites for hydroxylation is 3. The average Bonchev–Trinajstić information content (AvgIpc) is 3.02. The molecule has 0 fully saturated rings. The lowest BCUT2D eigenvalue weighted by molar-refractivity contribution is 0.0913. The highest BCUT2D eigenvalue weighted by molar-refractivity contribution is 7.98. The van der Waals surface area contributed by atoms with Gasteiger partial charge in [0.15, 0.2) is 10.9 Å². The summed E-state index contributed by atoms with van der Waals surface area (Å²) >= 11 is 1.46. The molecule has 29 heavy (non-hydrogen) atoms. The highest BCUT2D eigenvalue weighted by Crippen LogP contribution is 2.24. The zero-order valence-corrected chi connectivity index (χ0v) is 18.5. The lowest BCUT2D eigenvalue weighted by Crippen LogP contribution is -2.41. The summed E-state index contributed by atoms with van der Waals surface area (Å²) in [5.74, 6) is 0.226. The Morgan fingerprint density at radius 2 is 1.69 bits per heavy atom. The molecule has 0 bridgehead atoms. The maximum absolute atomic E-state index is 12.8. The number of carbonyl (C=O) groups is 1. The maximum atomic E-state index is 12.8. The second kappa shape index (κ2) is 8.32. The Bertz CT molecular complexity index is 1000. The van der Waals surface area contributed by atoms with Gasteiger partial charge in [0.25, 0.3) is 5.91 Å². The summed E-state index contributed by atoms with van der Waals surface area (Å²) in [6, 6.07) is 9.89. The fraction of sp³-hybridized carbons (Fsp3) is 0.381. The molecule has 0 aliphatic carbocycles. The van der Waals surface area contributed by atoms with Crippen LogP contribution in [0.25, 0.3) is 5.69 Å². The maximum Gasteiger partial charge on any atom is 0.274 e. The van der Waals surface area contributed by atoms with Crippen molar-refractivity contribution in [3.05, 3.63) is 58.7 Å². The minimum atomic E-state index is -0.369. The van der Waals surface area contributed by atoms with Gasteiger partial charge >= 0.3 is 0 Å². The Labute approximate surface area is 175 Å². The summed E-state index contributed by atoms with van der Waals surface area (Å²) in [5.41, 5.74) is 4.49. The lowest BCUT2D eigenvalue weighted by Gasteiger charge is -2.20. The Balaban J connectivity index is 1.97. The van der Waals surface area contributed by atoms with Crippen molar-refractivity contribution in [1.82, 2.24) is 30.3 Å². The first-order valence-corrected chi connectivity index (χ1v) is 10.4. The van der Waals surface area contributed by atoms with Gasteiger partial charge in [-0.15, -0.1) is 5.10 Å². The van der Waals surface area contributed by atoms with Gasteiger partial charge in [0.05, 0.1) is 11.4 Å². The SMILES string of the molecule is Cc1ccc(-n2nnc(C(=O)NC(C)(C)C)c2CSc2nc(C)cc(C)n2)cc1. The number of hydrogen-bond acceptors (Lipinski definition) is 6. The van der Waals surface area contributed by atoms with Crippen LogP contribution in [0.1, 0.15) is 53.9 Å². The molecule has 7 nitrogen and oxygen atoms in total. The quantitative estimate of drug-likeness (QED) is 0.509. The number of aromatic nitrogens is 5. The van der Waals surface area contributed by atoms with E-state index in [0.717, 1.165) is 22.6 Å². The molecule has 1 aromatic carbocycles. The van der Waals surface area contributed by atoms with E-state index < -0.39 is 0 Å². The molecule has 8 heteroatoms. The summed E-state index contributed by atoms with van der Waals surface area (Å²) < 4.78 is 1.71. The van der Waals surface area contributed by atoms with E-state index >= 15 is 0 Å². The van der Waals surface area contributed by atoms with Crippen LogP contribution in [0.4, 0.5) is 0 Å². The third-order valence-electron chi connectivity index (χ3n) is 4.05. The van der Waals surface area contributed by atoms with Crippen LogP contribution in [0.5, 0.6) is 0 Å². The second-order valence-electron chi connectivity index (χ2n) is 8.06. The summed E-state index contributed by atoms with van der Waals surface area (Å²) in [7, 11) is 0. The third-order valence-corrected chi connectivity index (χ3v) is 4.90. The number of rotatable bonds is 5. The number of nitrogens with one attached hydrogen (secondary N) is 1.